The predicted octanol–water partition coefficient (Wildman–Crippen LogP) is 4.18. The summed E-state index contributed by atoms with van der Waals surface area (Å²) >= 11 is 1.73. The highest BCUT2D eigenvalue weighted by Gasteiger charge is 2.41. The number of rotatable bonds is 3. The second-order valence-corrected chi connectivity index (χ2v) is 6.02. The van der Waals surface area contributed by atoms with Crippen molar-refractivity contribution < 1.29 is 4.79 Å². The Morgan fingerprint density at radius 1 is 1.38 bits per heavy atom. The summed E-state index contributed by atoms with van der Waals surface area (Å²) in [6, 6.07) is 4.19. The van der Waals surface area contributed by atoms with Crippen molar-refractivity contribution in [2.45, 2.75) is 51.4 Å². The first kappa shape index (κ1) is 11.8. The smallest absolute Gasteiger partial charge is 0.141 e. The number of Topliss-reactive ketones (excluding diaryl/α,β-unsaturated/α-hetero) is 1. The Hall–Kier alpha value is -0.630. The van der Waals surface area contributed by atoms with Crippen LogP contribution in [0.15, 0.2) is 17.5 Å². The highest BCUT2D eigenvalue weighted by Crippen LogP contribution is 2.43. The molecule has 0 N–H and O–H groups in total. The average molecular weight is 236 g/mol. The van der Waals surface area contributed by atoms with E-state index in [1.165, 1.54) is 37.0 Å². The van der Waals surface area contributed by atoms with Crippen LogP contribution < -0.4 is 0 Å². The molecular weight excluding hydrogens is 216 g/mol. The number of thiophene rings is 1. The standard InChI is InChI=1S/C14H20OS/c1-11(15)14(2,13-9-6-10-16-13)12-7-4-3-5-8-12/h6,9-10,12H,3-5,7-8H2,1-2H3. The van der Waals surface area contributed by atoms with Crippen LogP contribution in [0, 0.1) is 5.92 Å². The maximum Gasteiger partial charge on any atom is 0.141 e. The summed E-state index contributed by atoms with van der Waals surface area (Å²) in [4.78, 5) is 13.3. The van der Waals surface area contributed by atoms with Crippen molar-refractivity contribution in [2.75, 3.05) is 0 Å². The van der Waals surface area contributed by atoms with Crippen LogP contribution in [0.3, 0.4) is 0 Å². The summed E-state index contributed by atoms with van der Waals surface area (Å²) in [7, 11) is 0. The zero-order valence-corrected chi connectivity index (χ0v) is 11.0. The van der Waals surface area contributed by atoms with E-state index in [0.717, 1.165) is 0 Å². The van der Waals surface area contributed by atoms with Gasteiger partial charge in [-0.1, -0.05) is 25.3 Å². The molecule has 2 rings (SSSR count). The number of hydrogen-bond donors (Lipinski definition) is 0. The van der Waals surface area contributed by atoms with Gasteiger partial charge in [-0.25, -0.2) is 0 Å². The number of ketones is 1. The van der Waals surface area contributed by atoms with Gasteiger partial charge >= 0.3 is 0 Å². The molecule has 0 spiro atoms. The monoisotopic (exact) mass is 236 g/mol. The van der Waals surface area contributed by atoms with E-state index in [1.54, 1.807) is 18.3 Å². The molecule has 1 aliphatic rings. The molecule has 1 saturated carbocycles. The van der Waals surface area contributed by atoms with Crippen LogP contribution in [0.4, 0.5) is 0 Å². The molecule has 1 unspecified atom stereocenters. The molecule has 1 aromatic heterocycles. The topological polar surface area (TPSA) is 17.1 Å². The Balaban J connectivity index is 2.31. The zero-order chi connectivity index (χ0) is 11.6. The Kier molecular flexibility index (Phi) is 3.48. The zero-order valence-electron chi connectivity index (χ0n) is 10.2. The second kappa shape index (κ2) is 4.70. The van der Waals surface area contributed by atoms with E-state index in [4.69, 9.17) is 0 Å². The van der Waals surface area contributed by atoms with Crippen LogP contribution in [0.1, 0.15) is 50.8 Å². The first-order valence-electron chi connectivity index (χ1n) is 6.20. The summed E-state index contributed by atoms with van der Waals surface area (Å²) < 4.78 is 0. The van der Waals surface area contributed by atoms with Gasteiger partial charge in [0.25, 0.3) is 0 Å². The normalized spacial score (nSPS) is 21.6. The van der Waals surface area contributed by atoms with Crippen molar-refractivity contribution in [1.29, 1.82) is 0 Å². The van der Waals surface area contributed by atoms with Crippen molar-refractivity contribution >= 4 is 17.1 Å². The Morgan fingerprint density at radius 2 is 2.06 bits per heavy atom. The van der Waals surface area contributed by atoms with Gasteiger partial charge in [0.1, 0.15) is 5.78 Å². The van der Waals surface area contributed by atoms with Gasteiger partial charge in [-0.05, 0) is 44.1 Å². The lowest BCUT2D eigenvalue weighted by atomic mass is 9.67. The van der Waals surface area contributed by atoms with Gasteiger partial charge < -0.3 is 0 Å². The van der Waals surface area contributed by atoms with Gasteiger partial charge in [0, 0.05) is 4.88 Å². The average Bonchev–Trinajstić information content (AvgIpc) is 2.82. The maximum absolute atomic E-state index is 12.1. The van der Waals surface area contributed by atoms with Gasteiger partial charge in [0.05, 0.1) is 5.41 Å². The first-order chi connectivity index (χ1) is 7.65. The number of hydrogen-bond acceptors (Lipinski definition) is 2. The molecule has 0 bridgehead atoms. The number of carbonyl (C=O) groups is 1. The molecule has 1 aromatic rings. The van der Waals surface area contributed by atoms with E-state index in [0.29, 0.717) is 11.7 Å². The fourth-order valence-corrected chi connectivity index (χ4v) is 3.93. The summed E-state index contributed by atoms with van der Waals surface area (Å²) in [5, 5.41) is 2.08. The van der Waals surface area contributed by atoms with Gasteiger partial charge in [-0.15, -0.1) is 11.3 Å². The third-order valence-electron chi connectivity index (χ3n) is 4.19. The van der Waals surface area contributed by atoms with Crippen LogP contribution in [-0.4, -0.2) is 5.78 Å². The predicted molar refractivity (Wildman–Crippen MR) is 68.9 cm³/mol. The fraction of sp³-hybridized carbons (Fsp3) is 0.643. The van der Waals surface area contributed by atoms with E-state index in [9.17, 15) is 4.79 Å². The summed E-state index contributed by atoms with van der Waals surface area (Å²) in [6.07, 6.45) is 6.36. The third kappa shape index (κ3) is 1.95. The van der Waals surface area contributed by atoms with Crippen LogP contribution in [-0.2, 0) is 10.2 Å². The molecule has 0 aromatic carbocycles. The van der Waals surface area contributed by atoms with Gasteiger partial charge in [0.15, 0.2) is 0 Å². The largest absolute Gasteiger partial charge is 0.299 e. The van der Waals surface area contributed by atoms with Crippen molar-refractivity contribution in [2.24, 2.45) is 5.92 Å². The Morgan fingerprint density at radius 3 is 2.56 bits per heavy atom. The van der Waals surface area contributed by atoms with Gasteiger partial charge in [0.2, 0.25) is 0 Å². The summed E-state index contributed by atoms with van der Waals surface area (Å²) in [5.74, 6) is 0.888. The Labute approximate surface area is 102 Å². The molecule has 0 aliphatic heterocycles. The Bertz CT molecular complexity index is 349. The highest BCUT2D eigenvalue weighted by atomic mass is 32.1. The molecule has 1 aliphatic carbocycles. The first-order valence-corrected chi connectivity index (χ1v) is 7.08. The second-order valence-electron chi connectivity index (χ2n) is 5.07. The minimum atomic E-state index is -0.228. The molecule has 88 valence electrons. The minimum absolute atomic E-state index is 0.228. The van der Waals surface area contributed by atoms with Gasteiger partial charge in [-0.2, -0.15) is 0 Å². The van der Waals surface area contributed by atoms with Crippen molar-refractivity contribution in [3.05, 3.63) is 22.4 Å². The van der Waals surface area contributed by atoms with Crippen LogP contribution in [0.25, 0.3) is 0 Å². The van der Waals surface area contributed by atoms with Crippen molar-refractivity contribution in [1.82, 2.24) is 0 Å². The van der Waals surface area contributed by atoms with Gasteiger partial charge in [-0.3, -0.25) is 4.79 Å². The number of carbonyl (C=O) groups excluding carboxylic acids is 1. The quantitative estimate of drug-likeness (QED) is 0.769. The molecule has 1 heterocycles. The molecular formula is C14H20OS. The van der Waals surface area contributed by atoms with E-state index < -0.39 is 0 Å². The molecule has 1 fully saturated rings. The maximum atomic E-state index is 12.1. The van der Waals surface area contributed by atoms with Crippen LogP contribution in [0.5, 0.6) is 0 Å². The molecule has 16 heavy (non-hydrogen) atoms. The SMILES string of the molecule is CC(=O)C(C)(c1cccs1)C1CCCCC1. The highest BCUT2D eigenvalue weighted by molar-refractivity contribution is 7.10. The summed E-state index contributed by atoms with van der Waals surface area (Å²) in [6.45, 7) is 3.91. The lowest BCUT2D eigenvalue weighted by Crippen LogP contribution is -2.39. The van der Waals surface area contributed by atoms with E-state index >= 15 is 0 Å². The fourth-order valence-electron chi connectivity index (χ4n) is 2.92. The molecule has 0 saturated heterocycles. The molecule has 0 radical (unpaired) electrons. The third-order valence-corrected chi connectivity index (χ3v) is 5.29. The van der Waals surface area contributed by atoms with E-state index in [2.05, 4.69) is 24.4 Å². The minimum Gasteiger partial charge on any atom is -0.299 e. The lowest BCUT2D eigenvalue weighted by molar-refractivity contribution is -0.124. The molecule has 1 atom stereocenters. The lowest BCUT2D eigenvalue weighted by Gasteiger charge is -2.37. The van der Waals surface area contributed by atoms with Crippen molar-refractivity contribution in [3.63, 3.8) is 0 Å². The molecule has 1 nitrogen and oxygen atoms in total. The van der Waals surface area contributed by atoms with E-state index in [-0.39, 0.29) is 5.41 Å². The van der Waals surface area contributed by atoms with Crippen LogP contribution in [0.2, 0.25) is 0 Å². The van der Waals surface area contributed by atoms with E-state index in [1.807, 2.05) is 0 Å². The van der Waals surface area contributed by atoms with Crippen LogP contribution >= 0.6 is 11.3 Å². The summed E-state index contributed by atoms with van der Waals surface area (Å²) in [5.41, 5.74) is -0.228. The molecule has 0 amide bonds. The van der Waals surface area contributed by atoms with Crippen molar-refractivity contribution in [3.8, 4) is 0 Å². The molecule has 2 heteroatoms.